The summed E-state index contributed by atoms with van der Waals surface area (Å²) in [6.45, 7) is 1.83. The molecule has 0 unspecified atom stereocenters. The van der Waals surface area contributed by atoms with Crippen molar-refractivity contribution < 1.29 is 8.73 Å². The van der Waals surface area contributed by atoms with Crippen LogP contribution in [0.1, 0.15) is 17.1 Å². The van der Waals surface area contributed by atoms with E-state index in [1.807, 2.05) is 29.8 Å². The van der Waals surface area contributed by atoms with Gasteiger partial charge in [-0.3, -0.25) is 4.21 Å². The van der Waals surface area contributed by atoms with Crippen LogP contribution in [0.5, 0.6) is 0 Å². The molecular weight excluding hydrogens is 312 g/mol. The molecule has 4 nitrogen and oxygen atoms in total. The van der Waals surface area contributed by atoms with Gasteiger partial charge < -0.3 is 4.52 Å². The van der Waals surface area contributed by atoms with Crippen LogP contribution in [0.2, 0.25) is 0 Å². The number of thiophene rings is 1. The Morgan fingerprint density at radius 2 is 2.15 bits per heavy atom. The van der Waals surface area contributed by atoms with Gasteiger partial charge in [0.2, 0.25) is 0 Å². The van der Waals surface area contributed by atoms with Crippen LogP contribution in [0.3, 0.4) is 0 Å². The third-order valence-electron chi connectivity index (χ3n) is 2.61. The third kappa shape index (κ3) is 3.23. The highest BCUT2D eigenvalue weighted by molar-refractivity contribution is 7.83. The van der Waals surface area contributed by atoms with Gasteiger partial charge in [0.15, 0.2) is 0 Å². The van der Waals surface area contributed by atoms with E-state index in [0.717, 1.165) is 27.7 Å². The van der Waals surface area contributed by atoms with E-state index in [2.05, 4.69) is 15.5 Å². The molecule has 0 bridgehead atoms. The van der Waals surface area contributed by atoms with Gasteiger partial charge in [0, 0.05) is 33.2 Å². The molecule has 0 aliphatic carbocycles. The van der Waals surface area contributed by atoms with E-state index in [9.17, 15) is 4.21 Å². The third-order valence-corrected chi connectivity index (χ3v) is 5.47. The van der Waals surface area contributed by atoms with Crippen molar-refractivity contribution in [2.45, 2.75) is 18.4 Å². The van der Waals surface area contributed by atoms with Crippen molar-refractivity contribution >= 4 is 33.5 Å². The van der Waals surface area contributed by atoms with E-state index in [4.69, 9.17) is 4.52 Å². The fourth-order valence-electron chi connectivity index (χ4n) is 1.76. The zero-order chi connectivity index (χ0) is 13.9. The fraction of sp³-hybridized carbons (Fsp3) is 0.231. The van der Waals surface area contributed by atoms with Crippen molar-refractivity contribution in [1.82, 2.24) is 10.1 Å². The summed E-state index contributed by atoms with van der Waals surface area (Å²) < 4.78 is 17.1. The predicted octanol–water partition coefficient (Wildman–Crippen LogP) is 3.62. The monoisotopic (exact) mass is 324 g/mol. The zero-order valence-electron chi connectivity index (χ0n) is 10.7. The highest BCUT2D eigenvalue weighted by atomic mass is 32.2. The number of aromatic nitrogens is 2. The normalized spacial score (nSPS) is 12.7. The van der Waals surface area contributed by atoms with Crippen LogP contribution in [-0.2, 0) is 22.3 Å². The molecule has 0 aliphatic heterocycles. The molecule has 3 heterocycles. The smallest absolute Gasteiger partial charge is 0.133 e. The van der Waals surface area contributed by atoms with E-state index >= 15 is 0 Å². The van der Waals surface area contributed by atoms with E-state index < -0.39 is 10.8 Å². The van der Waals surface area contributed by atoms with Crippen LogP contribution in [0, 0.1) is 6.92 Å². The molecule has 0 saturated heterocycles. The molecule has 7 heteroatoms. The van der Waals surface area contributed by atoms with Crippen LogP contribution in [0.15, 0.2) is 32.8 Å². The second kappa shape index (κ2) is 5.99. The van der Waals surface area contributed by atoms with E-state index in [1.54, 1.807) is 22.7 Å². The summed E-state index contributed by atoms with van der Waals surface area (Å²) in [5, 5.41) is 10.9. The van der Waals surface area contributed by atoms with Gasteiger partial charge in [-0.25, -0.2) is 4.98 Å². The molecule has 0 amide bonds. The number of nitrogens with zero attached hydrogens (tertiary/aromatic N) is 2. The molecule has 1 atom stereocenters. The lowest BCUT2D eigenvalue weighted by molar-refractivity contribution is 0.392. The van der Waals surface area contributed by atoms with Gasteiger partial charge in [-0.2, -0.15) is 11.3 Å². The lowest BCUT2D eigenvalue weighted by atomic mass is 10.4. The number of thiazole rings is 1. The van der Waals surface area contributed by atoms with Crippen LogP contribution in [-0.4, -0.2) is 14.3 Å². The topological polar surface area (TPSA) is 56.0 Å². The Bertz CT molecular complexity index is 716. The summed E-state index contributed by atoms with van der Waals surface area (Å²) in [5.41, 5.74) is 2.73. The molecule has 3 aromatic heterocycles. The van der Waals surface area contributed by atoms with E-state index in [1.165, 1.54) is 0 Å². The second-order valence-corrected chi connectivity index (χ2v) is 7.41. The van der Waals surface area contributed by atoms with Gasteiger partial charge in [-0.15, -0.1) is 11.3 Å². The lowest BCUT2D eigenvalue weighted by Gasteiger charge is -1.96. The molecule has 0 fully saturated rings. The van der Waals surface area contributed by atoms with Crippen LogP contribution in [0.4, 0.5) is 0 Å². The number of aryl methyl sites for hydroxylation is 1. The van der Waals surface area contributed by atoms with Gasteiger partial charge in [0.05, 0.1) is 22.9 Å². The highest BCUT2D eigenvalue weighted by Crippen LogP contribution is 2.26. The Morgan fingerprint density at radius 3 is 2.85 bits per heavy atom. The first kappa shape index (κ1) is 13.7. The van der Waals surface area contributed by atoms with Gasteiger partial charge in [0.1, 0.15) is 10.8 Å². The van der Waals surface area contributed by atoms with Crippen LogP contribution < -0.4 is 0 Å². The predicted molar refractivity (Wildman–Crippen MR) is 82.2 cm³/mol. The molecule has 0 spiro atoms. The number of rotatable bonds is 5. The Kier molecular flexibility index (Phi) is 4.09. The van der Waals surface area contributed by atoms with Gasteiger partial charge in [-0.05, 0) is 18.4 Å². The van der Waals surface area contributed by atoms with Crippen molar-refractivity contribution in [3.05, 3.63) is 45.4 Å². The minimum absolute atomic E-state index is 0.405. The lowest BCUT2D eigenvalue weighted by Crippen LogP contribution is -2.00. The number of hydrogen-bond acceptors (Lipinski definition) is 6. The summed E-state index contributed by atoms with van der Waals surface area (Å²) in [6, 6.07) is 3.86. The Morgan fingerprint density at radius 1 is 1.30 bits per heavy atom. The molecule has 0 aliphatic rings. The molecule has 3 rings (SSSR count). The molecule has 0 radical (unpaired) electrons. The SMILES string of the molecule is Cc1cc(C[S@@](=O)Cc2csc(-c3ccsc3)n2)no1. The van der Waals surface area contributed by atoms with Crippen molar-refractivity contribution in [2.75, 3.05) is 0 Å². The zero-order valence-corrected chi connectivity index (χ0v) is 13.2. The van der Waals surface area contributed by atoms with Crippen molar-refractivity contribution in [1.29, 1.82) is 0 Å². The van der Waals surface area contributed by atoms with Gasteiger partial charge in [-0.1, -0.05) is 5.16 Å². The molecule has 0 saturated carbocycles. The van der Waals surface area contributed by atoms with E-state index in [-0.39, 0.29) is 0 Å². The largest absolute Gasteiger partial charge is 0.361 e. The van der Waals surface area contributed by atoms with Gasteiger partial charge >= 0.3 is 0 Å². The Hall–Kier alpha value is -1.31. The molecule has 20 heavy (non-hydrogen) atoms. The van der Waals surface area contributed by atoms with Crippen molar-refractivity contribution in [3.8, 4) is 10.6 Å². The molecule has 3 aromatic rings. The van der Waals surface area contributed by atoms with Crippen LogP contribution >= 0.6 is 22.7 Å². The van der Waals surface area contributed by atoms with Gasteiger partial charge in [0.25, 0.3) is 0 Å². The van der Waals surface area contributed by atoms with Crippen LogP contribution in [0.25, 0.3) is 10.6 Å². The number of hydrogen-bond donors (Lipinski definition) is 0. The minimum atomic E-state index is -1.02. The minimum Gasteiger partial charge on any atom is -0.361 e. The Labute approximate surface area is 126 Å². The quantitative estimate of drug-likeness (QED) is 0.719. The first-order valence-corrected chi connectivity index (χ1v) is 9.26. The maximum atomic E-state index is 12.1. The summed E-state index contributed by atoms with van der Waals surface area (Å²) in [6.07, 6.45) is 0. The second-order valence-electron chi connectivity index (χ2n) is 4.31. The van der Waals surface area contributed by atoms with Crippen molar-refractivity contribution in [2.24, 2.45) is 0 Å². The summed E-state index contributed by atoms with van der Waals surface area (Å²) in [4.78, 5) is 4.53. The molecular formula is C13H12N2O2S3. The van der Waals surface area contributed by atoms with Crippen molar-refractivity contribution in [3.63, 3.8) is 0 Å². The average Bonchev–Trinajstić information content (AvgIpc) is 3.10. The molecule has 0 N–H and O–H groups in total. The Balaban J connectivity index is 1.64. The summed E-state index contributed by atoms with van der Waals surface area (Å²) >= 11 is 3.24. The molecule has 104 valence electrons. The standard InChI is InChI=1S/C13H12N2O2S3/c1-9-4-11(15-17-9)7-20(16)8-12-6-19-13(14-12)10-2-3-18-5-10/h2-6H,7-8H2,1H3/t20-/m1/s1. The molecule has 0 aromatic carbocycles. The maximum absolute atomic E-state index is 12.1. The first-order chi connectivity index (χ1) is 9.70. The van der Waals surface area contributed by atoms with E-state index in [0.29, 0.717) is 11.5 Å². The average molecular weight is 324 g/mol. The summed E-state index contributed by atoms with van der Waals surface area (Å²) in [7, 11) is -1.02. The first-order valence-electron chi connectivity index (χ1n) is 5.95. The maximum Gasteiger partial charge on any atom is 0.133 e. The highest BCUT2D eigenvalue weighted by Gasteiger charge is 2.11. The fourth-order valence-corrected chi connectivity index (χ4v) is 4.44. The summed E-state index contributed by atoms with van der Waals surface area (Å²) in [5.74, 6) is 1.60.